The largest absolute Gasteiger partial charge is 0.509 e. The van der Waals surface area contributed by atoms with Crippen molar-refractivity contribution in [2.75, 3.05) is 11.4 Å². The normalized spacial score (nSPS) is 20.9. The number of piperidine rings is 1. The van der Waals surface area contributed by atoms with E-state index in [1.54, 1.807) is 6.20 Å². The second-order valence-electron chi connectivity index (χ2n) is 4.21. The third kappa shape index (κ3) is 2.33. The topological polar surface area (TPSA) is 69.5 Å². The van der Waals surface area contributed by atoms with Gasteiger partial charge in [0.25, 0.3) is 0 Å². The van der Waals surface area contributed by atoms with Gasteiger partial charge in [0.1, 0.15) is 5.82 Å². The van der Waals surface area contributed by atoms with Gasteiger partial charge in [-0.15, -0.1) is 0 Å². The minimum atomic E-state index is -1.54. The van der Waals surface area contributed by atoms with Gasteiger partial charge in [-0.1, -0.05) is 0 Å². The van der Waals surface area contributed by atoms with Gasteiger partial charge in [0, 0.05) is 18.8 Å². The van der Waals surface area contributed by atoms with Crippen LogP contribution in [0.25, 0.3) is 0 Å². The molecule has 1 fully saturated rings. The zero-order valence-electron chi connectivity index (χ0n) is 9.37. The van der Waals surface area contributed by atoms with Crippen LogP contribution >= 0.6 is 0 Å². The van der Waals surface area contributed by atoms with Gasteiger partial charge in [0.15, 0.2) is 0 Å². The Morgan fingerprint density at radius 2 is 2.12 bits per heavy atom. The number of nitrogens with zero attached hydrogens (tertiary/aromatic N) is 3. The van der Waals surface area contributed by atoms with E-state index < -0.39 is 7.12 Å². The molecular weight excluding hydrogens is 205 g/mol. The Morgan fingerprint density at radius 3 is 2.69 bits per heavy atom. The van der Waals surface area contributed by atoms with Crippen molar-refractivity contribution in [2.45, 2.75) is 32.2 Å². The molecule has 1 aliphatic heterocycles. The average molecular weight is 221 g/mol. The van der Waals surface area contributed by atoms with Crippen LogP contribution < -0.4 is 10.5 Å². The summed E-state index contributed by atoms with van der Waals surface area (Å²) in [6, 6.07) is 0.480. The smallest absolute Gasteiger partial charge is 0.422 e. The summed E-state index contributed by atoms with van der Waals surface area (Å²) in [5.74, 6) is 0.816. The lowest BCUT2D eigenvalue weighted by Crippen LogP contribution is -2.39. The molecule has 1 aliphatic rings. The van der Waals surface area contributed by atoms with Gasteiger partial charge in [0.2, 0.25) is 0 Å². The number of hydrogen-bond acceptors (Lipinski definition) is 5. The summed E-state index contributed by atoms with van der Waals surface area (Å²) in [5, 5.41) is 17.8. The van der Waals surface area contributed by atoms with Crippen molar-refractivity contribution in [1.82, 2.24) is 9.97 Å². The van der Waals surface area contributed by atoms with Crippen molar-refractivity contribution in [2.24, 2.45) is 0 Å². The first-order chi connectivity index (χ1) is 7.68. The predicted octanol–water partition coefficient (Wildman–Crippen LogP) is -0.465. The van der Waals surface area contributed by atoms with E-state index in [1.807, 2.05) is 0 Å². The van der Waals surface area contributed by atoms with Crippen molar-refractivity contribution >= 4 is 18.5 Å². The quantitative estimate of drug-likeness (QED) is 0.661. The third-order valence-corrected chi connectivity index (χ3v) is 3.02. The fourth-order valence-electron chi connectivity index (χ4n) is 2.05. The zero-order valence-corrected chi connectivity index (χ0v) is 9.37. The lowest BCUT2D eigenvalue weighted by atomic mass is 9.87. The maximum Gasteiger partial charge on any atom is 0.509 e. The Morgan fingerprint density at radius 1 is 1.31 bits per heavy atom. The lowest BCUT2D eigenvalue weighted by molar-refractivity contribution is 0.424. The van der Waals surface area contributed by atoms with Gasteiger partial charge in [0.05, 0.1) is 11.8 Å². The van der Waals surface area contributed by atoms with Crippen LogP contribution in [0.4, 0.5) is 5.82 Å². The van der Waals surface area contributed by atoms with Crippen molar-refractivity contribution in [3.05, 3.63) is 12.4 Å². The molecule has 0 spiro atoms. The predicted molar refractivity (Wildman–Crippen MR) is 62.5 cm³/mol. The molecule has 2 rings (SSSR count). The maximum atomic E-state index is 8.92. The summed E-state index contributed by atoms with van der Waals surface area (Å²) in [5.41, 5.74) is 0.188. The van der Waals surface area contributed by atoms with Crippen LogP contribution in [0.15, 0.2) is 12.4 Å². The monoisotopic (exact) mass is 221 g/mol. The van der Waals surface area contributed by atoms with Gasteiger partial charge in [-0.3, -0.25) is 4.98 Å². The Hall–Kier alpha value is -1.14. The molecule has 0 radical (unpaired) electrons. The second kappa shape index (κ2) is 4.80. The molecule has 2 heterocycles. The van der Waals surface area contributed by atoms with E-state index >= 15 is 0 Å². The Kier molecular flexibility index (Phi) is 3.41. The average Bonchev–Trinajstić information content (AvgIpc) is 2.30. The number of hydrogen-bond donors (Lipinski definition) is 2. The van der Waals surface area contributed by atoms with E-state index in [4.69, 9.17) is 10.0 Å². The summed E-state index contributed by atoms with van der Waals surface area (Å²) >= 11 is 0. The molecule has 0 bridgehead atoms. The van der Waals surface area contributed by atoms with Gasteiger partial charge in [-0.2, -0.15) is 0 Å². The highest BCUT2D eigenvalue weighted by Crippen LogP contribution is 2.21. The first kappa shape index (κ1) is 11.4. The number of rotatable bonds is 2. The molecule has 1 atom stereocenters. The van der Waals surface area contributed by atoms with E-state index in [0.717, 1.165) is 12.4 Å². The molecule has 5 nitrogen and oxygen atoms in total. The van der Waals surface area contributed by atoms with Crippen molar-refractivity contribution in [3.8, 4) is 0 Å². The highest BCUT2D eigenvalue weighted by molar-refractivity contribution is 6.57. The maximum absolute atomic E-state index is 8.92. The molecule has 1 unspecified atom stereocenters. The van der Waals surface area contributed by atoms with Gasteiger partial charge in [-0.25, -0.2) is 4.98 Å². The van der Waals surface area contributed by atoms with Crippen LogP contribution in [0.5, 0.6) is 0 Å². The van der Waals surface area contributed by atoms with Crippen molar-refractivity contribution in [1.29, 1.82) is 0 Å². The molecule has 2 N–H and O–H groups in total. The molecule has 0 aromatic carbocycles. The van der Waals surface area contributed by atoms with Crippen LogP contribution in [0, 0.1) is 0 Å². The minimum absolute atomic E-state index is 0.188. The van der Waals surface area contributed by atoms with Crippen LogP contribution in [0.3, 0.4) is 0 Å². The Labute approximate surface area is 95.3 Å². The fourth-order valence-corrected chi connectivity index (χ4v) is 2.05. The summed E-state index contributed by atoms with van der Waals surface area (Å²) < 4.78 is 0. The molecule has 1 aromatic rings. The minimum Gasteiger partial charge on any atom is -0.422 e. The number of aromatic nitrogens is 2. The number of anilines is 1. The first-order valence-electron chi connectivity index (χ1n) is 5.63. The Balaban J connectivity index is 2.14. The van der Waals surface area contributed by atoms with Crippen LogP contribution in [-0.4, -0.2) is 39.7 Å². The third-order valence-electron chi connectivity index (χ3n) is 3.02. The summed E-state index contributed by atoms with van der Waals surface area (Å²) in [6.07, 6.45) is 6.64. The highest BCUT2D eigenvalue weighted by Gasteiger charge is 2.20. The van der Waals surface area contributed by atoms with E-state index in [0.29, 0.717) is 6.04 Å². The van der Waals surface area contributed by atoms with E-state index in [9.17, 15) is 0 Å². The lowest BCUT2D eigenvalue weighted by Gasteiger charge is -2.34. The van der Waals surface area contributed by atoms with Gasteiger partial charge in [-0.05, 0) is 26.2 Å². The second-order valence-corrected chi connectivity index (χ2v) is 4.21. The molecule has 1 aromatic heterocycles. The SMILES string of the molecule is CC1CCCCN1c1cnc(B(O)O)cn1. The van der Waals surface area contributed by atoms with Gasteiger partial charge >= 0.3 is 7.12 Å². The van der Waals surface area contributed by atoms with E-state index in [2.05, 4.69) is 21.8 Å². The first-order valence-corrected chi connectivity index (χ1v) is 5.63. The molecule has 86 valence electrons. The van der Waals surface area contributed by atoms with Gasteiger partial charge < -0.3 is 14.9 Å². The molecule has 1 saturated heterocycles. The molecule has 0 amide bonds. The molecule has 0 saturated carbocycles. The van der Waals surface area contributed by atoms with Crippen molar-refractivity contribution < 1.29 is 10.0 Å². The molecule has 0 aliphatic carbocycles. The summed E-state index contributed by atoms with van der Waals surface area (Å²) in [6.45, 7) is 3.17. The highest BCUT2D eigenvalue weighted by atomic mass is 16.4. The molecular formula is C10H16BN3O2. The summed E-state index contributed by atoms with van der Waals surface area (Å²) in [7, 11) is -1.54. The molecule has 16 heavy (non-hydrogen) atoms. The molecule has 6 heteroatoms. The Bertz CT molecular complexity index is 344. The zero-order chi connectivity index (χ0) is 11.5. The van der Waals surface area contributed by atoms with Crippen LogP contribution in [0.1, 0.15) is 26.2 Å². The van der Waals surface area contributed by atoms with E-state index in [1.165, 1.54) is 25.5 Å². The van der Waals surface area contributed by atoms with Crippen LogP contribution in [-0.2, 0) is 0 Å². The fraction of sp³-hybridized carbons (Fsp3) is 0.600. The van der Waals surface area contributed by atoms with Crippen molar-refractivity contribution in [3.63, 3.8) is 0 Å². The van der Waals surface area contributed by atoms with Crippen LogP contribution in [0.2, 0.25) is 0 Å². The van der Waals surface area contributed by atoms with E-state index in [-0.39, 0.29) is 5.59 Å². The standard InChI is InChI=1S/C10H16BN3O2/c1-8-4-2-3-5-14(8)10-7-12-9(6-13-10)11(15)16/h6-8,15-16H,2-5H2,1H3. The summed E-state index contributed by atoms with van der Waals surface area (Å²) in [4.78, 5) is 10.4.